The molecule has 0 aromatic carbocycles. The molecule has 312 valence electrons. The monoisotopic (exact) mass is 950 g/mol. The van der Waals surface area contributed by atoms with Crippen molar-refractivity contribution in [1.29, 1.82) is 0 Å². The van der Waals surface area contributed by atoms with Gasteiger partial charge in [0.25, 0.3) is 0 Å². The summed E-state index contributed by atoms with van der Waals surface area (Å²) in [5, 5.41) is 40.3. The Balaban J connectivity index is -0.0000000422. The van der Waals surface area contributed by atoms with Crippen molar-refractivity contribution in [2.75, 3.05) is 0 Å². The number of hydrogen-bond donors (Lipinski definition) is 13. The van der Waals surface area contributed by atoms with Gasteiger partial charge in [-0.15, -0.1) is 0 Å². The molecule has 0 spiro atoms. The molecule has 19 nitrogen and oxygen atoms in total. The van der Waals surface area contributed by atoms with E-state index in [0.29, 0.717) is 0 Å². The van der Waals surface area contributed by atoms with Gasteiger partial charge in [0.2, 0.25) is 0 Å². The topological polar surface area (TPSA) is 318 Å². The Morgan fingerprint density at radius 2 is 0.400 bits per heavy atom. The molecule has 0 bridgehead atoms. The second kappa shape index (κ2) is 58.1. The summed E-state index contributed by atoms with van der Waals surface area (Å²) < 4.78 is 27.5. The largest absolute Gasteiger partial charge is 2.00 e. The summed E-state index contributed by atoms with van der Waals surface area (Å²) in [4.78, 5) is 71.1. The molecule has 50 heavy (non-hydrogen) atoms. The maximum absolute atomic E-state index is 9.00. The summed E-state index contributed by atoms with van der Waals surface area (Å²) in [6.07, 6.45) is -0.833. The van der Waals surface area contributed by atoms with Crippen LogP contribution in [0.3, 0.4) is 0 Å². The third-order valence-electron chi connectivity index (χ3n) is 1.72. The second-order valence-corrected chi connectivity index (χ2v) is 23.7. The van der Waals surface area contributed by atoms with Crippen molar-refractivity contribution in [2.45, 2.75) is 126 Å². The van der Waals surface area contributed by atoms with E-state index in [1.165, 1.54) is 26.2 Å². The van der Waals surface area contributed by atoms with Crippen molar-refractivity contribution in [1.82, 2.24) is 0 Å². The molecule has 0 aliphatic carbocycles. The number of hydrogen-bond acceptors (Lipinski definition) is 19. The van der Waals surface area contributed by atoms with Crippen LogP contribution in [0, 0.1) is 14.9 Å². The van der Waals surface area contributed by atoms with Gasteiger partial charge >= 0.3 is 97.0 Å². The zero-order chi connectivity index (χ0) is 38.7. The van der Waals surface area contributed by atoms with Crippen molar-refractivity contribution >= 4 is 75.2 Å². The minimum Gasteiger partial charge on any atom is -0.413 e. The molecule has 29 heteroatoms. The molecule has 0 rings (SSSR count). The van der Waals surface area contributed by atoms with Crippen molar-refractivity contribution in [3.63, 3.8) is 0 Å². The predicted octanol–water partition coefficient (Wildman–Crippen LogP) is -4.89. The first-order chi connectivity index (χ1) is 20.5. The van der Waals surface area contributed by atoms with E-state index in [4.69, 9.17) is 63.9 Å². The molecule has 8 atom stereocenters. The van der Waals surface area contributed by atoms with Gasteiger partial charge in [0.15, 0.2) is 0 Å². The number of aliphatic hydroxyl groups is 5. The van der Waals surface area contributed by atoms with Crippen LogP contribution in [0.5, 0.6) is 0 Å². The number of aliphatic hydroxyl groups excluding tert-OH is 5. The van der Waals surface area contributed by atoms with Crippen molar-refractivity contribution < 1.29 is 132 Å². The zero-order valence-corrected chi connectivity index (χ0v) is 45.1. The van der Waals surface area contributed by atoms with Crippen LogP contribution < -0.4 is 0 Å². The Kier molecular flexibility index (Phi) is 93.9. The van der Waals surface area contributed by atoms with Crippen LogP contribution in [-0.2, 0) is 68.1 Å². The molecule has 0 aliphatic rings. The van der Waals surface area contributed by atoms with Gasteiger partial charge in [0.05, 0.1) is 0 Å². The minimum absolute atomic E-state index is 0. The van der Waals surface area contributed by atoms with Gasteiger partial charge in [-0.3, -0.25) is 0 Å². The quantitative estimate of drug-likeness (QED) is 0.0644. The van der Waals surface area contributed by atoms with Crippen LogP contribution in [0.15, 0.2) is 0 Å². The van der Waals surface area contributed by atoms with Crippen molar-refractivity contribution in [2.24, 2.45) is 0 Å². The van der Waals surface area contributed by atoms with E-state index >= 15 is 0 Å². The molecule has 0 fully saturated rings. The third kappa shape index (κ3) is 176. The molecule has 0 saturated carbocycles. The molecule has 13 N–H and O–H groups in total. The summed E-state index contributed by atoms with van der Waals surface area (Å²) in [6, 6.07) is 0. The van der Waals surface area contributed by atoms with E-state index in [-0.39, 0.29) is 88.8 Å². The van der Waals surface area contributed by atoms with Gasteiger partial charge in [-0.2, -0.15) is 0 Å². The molecule has 0 aromatic rings. The maximum atomic E-state index is 9.00. The first kappa shape index (κ1) is 80.8. The molecule has 0 aromatic heterocycles. The van der Waals surface area contributed by atoms with E-state index in [0.717, 1.165) is 0 Å². The van der Waals surface area contributed by atoms with Crippen LogP contribution in [0.2, 0.25) is 26.2 Å². The summed E-state index contributed by atoms with van der Waals surface area (Å²) >= 11 is 0. The van der Waals surface area contributed by atoms with E-state index in [1.807, 2.05) is 0 Å². The molecular formula is C21H74O19Si8Ti2. The van der Waals surface area contributed by atoms with E-state index < -0.39 is 75.2 Å². The molecular weight excluding hydrogens is 877 g/mol. The van der Waals surface area contributed by atoms with Gasteiger partial charge in [-0.05, 0) is 95.4 Å². The van der Waals surface area contributed by atoms with E-state index in [9.17, 15) is 0 Å². The van der Waals surface area contributed by atoms with Crippen LogP contribution in [0.4, 0.5) is 0 Å². The Hall–Kier alpha value is 2.40. The van der Waals surface area contributed by atoms with E-state index in [2.05, 4.69) is 24.7 Å². The van der Waals surface area contributed by atoms with Gasteiger partial charge in [0.1, 0.15) is 0 Å². The second-order valence-electron chi connectivity index (χ2n) is 9.91. The molecule has 0 radical (unpaired) electrons. The first-order valence-corrected chi connectivity index (χ1v) is 28.7. The fourth-order valence-corrected chi connectivity index (χ4v) is 11.3. The Labute approximate surface area is 345 Å². The standard InChI is InChI=1S/5C3H8O.2C2H14O7Si4.2CH3.2Ti/c5*1-3(2)4;2*1-10(3)7-12(5)9-13(6)8-11(2)4;;;;/h5*3-4H,1-2H3;2*3-6,10-13H,1-2H3;2*1H3;;/q;;;;;;;2*-1;;+2. The molecule has 0 saturated heterocycles. The van der Waals surface area contributed by atoms with Crippen molar-refractivity contribution in [3.05, 3.63) is 14.9 Å². The SMILES string of the molecule is CC(C)O.CC(C)O.CC(C)O.CC(C)O.CC(C)O.C[SiH](O)O[SiH](O)O[SiH](O)O[SiH](C)O.C[SiH](O)O[SiH](O)O[SiH](O)O[SiH](C)O.[CH3-].[CH3-].[Ti+2].[Ti]. The molecule has 8 unspecified atom stereocenters. The van der Waals surface area contributed by atoms with Gasteiger partial charge in [-0.25, -0.2) is 0 Å². The smallest absolute Gasteiger partial charge is 0.413 e. The minimum atomic E-state index is -2.97. The van der Waals surface area contributed by atoms with Gasteiger partial charge < -0.3 is 103 Å². The summed E-state index contributed by atoms with van der Waals surface area (Å²) in [7, 11) is -21.2. The molecule has 0 amide bonds. The summed E-state index contributed by atoms with van der Waals surface area (Å²) in [6.45, 7) is 23.0. The predicted molar refractivity (Wildman–Crippen MR) is 205 cm³/mol. The fourth-order valence-electron chi connectivity index (χ4n) is 1.00. The Bertz CT molecular complexity index is 453. The Morgan fingerprint density at radius 1 is 0.320 bits per heavy atom. The normalized spacial score (nSPS) is 14.4. The molecule has 0 heterocycles. The fraction of sp³-hybridized carbons (Fsp3) is 0.905. The van der Waals surface area contributed by atoms with Crippen molar-refractivity contribution in [3.8, 4) is 0 Å². The van der Waals surface area contributed by atoms with Crippen LogP contribution in [0.1, 0.15) is 69.2 Å². The van der Waals surface area contributed by atoms with E-state index in [1.54, 1.807) is 69.2 Å². The van der Waals surface area contributed by atoms with Gasteiger partial charge in [-0.1, -0.05) is 0 Å². The average Bonchev–Trinajstić information content (AvgIpc) is 2.69. The van der Waals surface area contributed by atoms with Crippen LogP contribution >= 0.6 is 0 Å². The van der Waals surface area contributed by atoms with Crippen LogP contribution in [0.25, 0.3) is 0 Å². The summed E-state index contributed by atoms with van der Waals surface area (Å²) in [5.41, 5.74) is 0. The zero-order valence-electron chi connectivity index (χ0n) is 32.8. The van der Waals surface area contributed by atoms with Crippen LogP contribution in [-0.4, -0.2) is 170 Å². The Morgan fingerprint density at radius 3 is 0.460 bits per heavy atom. The number of rotatable bonds is 12. The molecule has 0 aliphatic heterocycles. The van der Waals surface area contributed by atoms with Gasteiger partial charge in [0, 0.05) is 52.2 Å². The summed E-state index contributed by atoms with van der Waals surface area (Å²) in [5.74, 6) is 0. The average molecular weight is 951 g/mol. The third-order valence-corrected chi connectivity index (χ3v) is 15.5. The maximum Gasteiger partial charge on any atom is 2.00 e. The first-order valence-electron chi connectivity index (χ1n) is 14.3.